The maximum Gasteiger partial charge on any atom is 0.315 e. The molecule has 2 amide bonds. The second kappa shape index (κ2) is 5.23. The predicted molar refractivity (Wildman–Crippen MR) is 58.2 cm³/mol. The van der Waals surface area contributed by atoms with Crippen LogP contribution in [0.4, 0.5) is 4.79 Å². The molecule has 1 aliphatic rings. The third-order valence-corrected chi connectivity index (χ3v) is 3.05. The van der Waals surface area contributed by atoms with E-state index in [9.17, 15) is 4.79 Å². The molecule has 1 unspecified atom stereocenters. The van der Waals surface area contributed by atoms with E-state index in [1.54, 1.807) is 0 Å². The van der Waals surface area contributed by atoms with E-state index in [1.165, 1.54) is 12.8 Å². The van der Waals surface area contributed by atoms with Crippen LogP contribution in [-0.2, 0) is 0 Å². The van der Waals surface area contributed by atoms with Crippen LogP contribution < -0.4 is 10.6 Å². The highest BCUT2D eigenvalue weighted by Gasteiger charge is 2.18. The summed E-state index contributed by atoms with van der Waals surface area (Å²) < 4.78 is 0. The van der Waals surface area contributed by atoms with Gasteiger partial charge in [-0.1, -0.05) is 26.7 Å². The SMILES string of the molecule is CC(C)C(C)NC(=O)NC1CCCC1. The van der Waals surface area contributed by atoms with Crippen LogP contribution in [0.25, 0.3) is 0 Å². The van der Waals surface area contributed by atoms with Crippen molar-refractivity contribution in [1.82, 2.24) is 10.6 Å². The lowest BCUT2D eigenvalue weighted by Gasteiger charge is -2.19. The zero-order chi connectivity index (χ0) is 10.6. The van der Waals surface area contributed by atoms with Crippen molar-refractivity contribution in [2.75, 3.05) is 0 Å². The van der Waals surface area contributed by atoms with Crippen LogP contribution in [0.2, 0.25) is 0 Å². The molecule has 1 atom stereocenters. The van der Waals surface area contributed by atoms with Crippen molar-refractivity contribution in [2.45, 2.75) is 58.5 Å². The van der Waals surface area contributed by atoms with Gasteiger partial charge in [-0.05, 0) is 25.7 Å². The lowest BCUT2D eigenvalue weighted by Crippen LogP contribution is -2.46. The van der Waals surface area contributed by atoms with Gasteiger partial charge in [0.25, 0.3) is 0 Å². The van der Waals surface area contributed by atoms with Crippen LogP contribution in [0.5, 0.6) is 0 Å². The van der Waals surface area contributed by atoms with Crippen molar-refractivity contribution in [3.63, 3.8) is 0 Å². The van der Waals surface area contributed by atoms with E-state index in [1.807, 2.05) is 6.92 Å². The second-order valence-electron chi connectivity index (χ2n) is 4.63. The van der Waals surface area contributed by atoms with Crippen LogP contribution in [0.15, 0.2) is 0 Å². The molecular formula is C11H22N2O. The molecule has 1 fully saturated rings. The maximum absolute atomic E-state index is 11.5. The van der Waals surface area contributed by atoms with Gasteiger partial charge in [-0.15, -0.1) is 0 Å². The summed E-state index contributed by atoms with van der Waals surface area (Å²) in [4.78, 5) is 11.5. The molecular weight excluding hydrogens is 176 g/mol. The molecule has 0 spiro atoms. The maximum atomic E-state index is 11.5. The number of amides is 2. The molecule has 14 heavy (non-hydrogen) atoms. The minimum Gasteiger partial charge on any atom is -0.335 e. The lowest BCUT2D eigenvalue weighted by molar-refractivity contribution is 0.230. The minimum absolute atomic E-state index is 0.00176. The molecule has 0 aromatic heterocycles. The summed E-state index contributed by atoms with van der Waals surface area (Å²) in [5, 5.41) is 5.97. The van der Waals surface area contributed by atoms with Crippen LogP contribution in [0.3, 0.4) is 0 Å². The molecule has 0 aromatic carbocycles. The van der Waals surface area contributed by atoms with Gasteiger partial charge in [0.1, 0.15) is 0 Å². The third kappa shape index (κ3) is 3.56. The summed E-state index contributed by atoms with van der Waals surface area (Å²) >= 11 is 0. The standard InChI is InChI=1S/C11H22N2O/c1-8(2)9(3)12-11(14)13-10-6-4-5-7-10/h8-10H,4-7H2,1-3H3,(H2,12,13,14). The van der Waals surface area contributed by atoms with E-state index in [2.05, 4.69) is 24.5 Å². The van der Waals surface area contributed by atoms with Crippen LogP contribution in [0, 0.1) is 5.92 Å². The van der Waals surface area contributed by atoms with Gasteiger partial charge >= 0.3 is 6.03 Å². The van der Waals surface area contributed by atoms with Gasteiger partial charge in [0.2, 0.25) is 0 Å². The largest absolute Gasteiger partial charge is 0.335 e. The normalized spacial score (nSPS) is 19.7. The Kier molecular flexibility index (Phi) is 4.23. The first kappa shape index (κ1) is 11.3. The molecule has 1 saturated carbocycles. The van der Waals surface area contributed by atoms with Crippen LogP contribution in [0.1, 0.15) is 46.5 Å². The first-order valence-corrected chi connectivity index (χ1v) is 5.66. The monoisotopic (exact) mass is 198 g/mol. The summed E-state index contributed by atoms with van der Waals surface area (Å²) in [5.74, 6) is 0.490. The van der Waals surface area contributed by atoms with Gasteiger partial charge in [-0.3, -0.25) is 0 Å². The highest BCUT2D eigenvalue weighted by atomic mass is 16.2. The zero-order valence-corrected chi connectivity index (χ0v) is 9.47. The Labute approximate surface area is 86.6 Å². The van der Waals surface area contributed by atoms with Crippen molar-refractivity contribution < 1.29 is 4.79 Å². The Morgan fingerprint density at radius 1 is 1.21 bits per heavy atom. The fourth-order valence-corrected chi connectivity index (χ4v) is 1.67. The van der Waals surface area contributed by atoms with Crippen molar-refractivity contribution in [3.05, 3.63) is 0 Å². The van der Waals surface area contributed by atoms with Crippen LogP contribution in [-0.4, -0.2) is 18.1 Å². The second-order valence-corrected chi connectivity index (χ2v) is 4.63. The quantitative estimate of drug-likeness (QED) is 0.717. The Morgan fingerprint density at radius 3 is 2.29 bits per heavy atom. The smallest absolute Gasteiger partial charge is 0.315 e. The number of carbonyl (C=O) groups is 1. The molecule has 2 N–H and O–H groups in total. The molecule has 0 aromatic rings. The fraction of sp³-hybridized carbons (Fsp3) is 0.909. The van der Waals surface area contributed by atoms with Crippen molar-refractivity contribution >= 4 is 6.03 Å². The Balaban J connectivity index is 2.21. The topological polar surface area (TPSA) is 41.1 Å². The predicted octanol–water partition coefficient (Wildman–Crippen LogP) is 2.27. The average Bonchev–Trinajstić information content (AvgIpc) is 2.56. The van der Waals surface area contributed by atoms with Gasteiger partial charge in [-0.25, -0.2) is 4.79 Å². The third-order valence-electron chi connectivity index (χ3n) is 3.05. The molecule has 1 aliphatic carbocycles. The molecule has 82 valence electrons. The van der Waals surface area contributed by atoms with E-state index in [-0.39, 0.29) is 12.1 Å². The Morgan fingerprint density at radius 2 is 1.79 bits per heavy atom. The summed E-state index contributed by atoms with van der Waals surface area (Å²) in [7, 11) is 0. The first-order chi connectivity index (χ1) is 6.59. The molecule has 0 radical (unpaired) electrons. The number of hydrogen-bond donors (Lipinski definition) is 2. The van der Waals surface area contributed by atoms with Gasteiger partial charge in [0.15, 0.2) is 0 Å². The number of urea groups is 1. The van der Waals surface area contributed by atoms with E-state index < -0.39 is 0 Å². The number of rotatable bonds is 3. The lowest BCUT2D eigenvalue weighted by atomic mass is 10.1. The molecule has 1 rings (SSSR count). The summed E-state index contributed by atoms with van der Waals surface area (Å²) in [6.07, 6.45) is 4.79. The summed E-state index contributed by atoms with van der Waals surface area (Å²) in [6.45, 7) is 6.26. The molecule has 3 nitrogen and oxygen atoms in total. The highest BCUT2D eigenvalue weighted by molar-refractivity contribution is 5.74. The summed E-state index contributed by atoms with van der Waals surface area (Å²) in [6, 6.07) is 0.656. The number of hydrogen-bond acceptors (Lipinski definition) is 1. The number of nitrogens with one attached hydrogen (secondary N) is 2. The van der Waals surface area contributed by atoms with Gasteiger partial charge in [-0.2, -0.15) is 0 Å². The van der Waals surface area contributed by atoms with E-state index >= 15 is 0 Å². The molecule has 0 heterocycles. The van der Waals surface area contributed by atoms with Gasteiger partial charge < -0.3 is 10.6 Å². The average molecular weight is 198 g/mol. The van der Waals surface area contributed by atoms with Gasteiger partial charge in [0, 0.05) is 12.1 Å². The molecule has 0 saturated heterocycles. The van der Waals surface area contributed by atoms with Gasteiger partial charge in [0.05, 0.1) is 0 Å². The van der Waals surface area contributed by atoms with E-state index in [4.69, 9.17) is 0 Å². The minimum atomic E-state index is -0.00176. The fourth-order valence-electron chi connectivity index (χ4n) is 1.67. The first-order valence-electron chi connectivity index (χ1n) is 5.66. The van der Waals surface area contributed by atoms with E-state index in [0.717, 1.165) is 12.8 Å². The van der Waals surface area contributed by atoms with Crippen LogP contribution >= 0.6 is 0 Å². The van der Waals surface area contributed by atoms with Crippen molar-refractivity contribution in [3.8, 4) is 0 Å². The molecule has 0 bridgehead atoms. The summed E-state index contributed by atoms with van der Waals surface area (Å²) in [5.41, 5.74) is 0. The van der Waals surface area contributed by atoms with Crippen molar-refractivity contribution in [2.24, 2.45) is 5.92 Å². The molecule has 0 aliphatic heterocycles. The molecule has 3 heteroatoms. The highest BCUT2D eigenvalue weighted by Crippen LogP contribution is 2.17. The Bertz CT molecular complexity index is 180. The zero-order valence-electron chi connectivity index (χ0n) is 9.47. The Hall–Kier alpha value is -0.730. The number of carbonyl (C=O) groups excluding carboxylic acids is 1. The van der Waals surface area contributed by atoms with Crippen molar-refractivity contribution in [1.29, 1.82) is 0 Å². The van der Waals surface area contributed by atoms with E-state index in [0.29, 0.717) is 12.0 Å².